The normalized spacial score (nSPS) is 23.1. The van der Waals surface area contributed by atoms with E-state index in [1.165, 1.54) is 19.3 Å². The molecule has 3 rings (SSSR count). The van der Waals surface area contributed by atoms with E-state index in [9.17, 15) is 0 Å². The minimum absolute atomic E-state index is 0.390. The Bertz CT molecular complexity index is 488. The average molecular weight is 276 g/mol. The summed E-state index contributed by atoms with van der Waals surface area (Å²) in [5.41, 5.74) is 0. The van der Waals surface area contributed by atoms with Crippen molar-refractivity contribution in [3.63, 3.8) is 0 Å². The van der Waals surface area contributed by atoms with Crippen molar-refractivity contribution in [1.29, 1.82) is 0 Å². The topological polar surface area (TPSA) is 67.1 Å². The van der Waals surface area contributed by atoms with Gasteiger partial charge in [0.25, 0.3) is 0 Å². The molecule has 2 aliphatic rings. The van der Waals surface area contributed by atoms with Crippen LogP contribution in [-0.2, 0) is 13.0 Å². The van der Waals surface area contributed by atoms with Gasteiger partial charge in [-0.05, 0) is 39.5 Å². The Balaban J connectivity index is 1.60. The molecule has 0 amide bonds. The average Bonchev–Trinajstić information content (AvgIpc) is 2.73. The van der Waals surface area contributed by atoms with Crippen LogP contribution >= 0.6 is 0 Å². The molecule has 1 aromatic rings. The van der Waals surface area contributed by atoms with Crippen molar-refractivity contribution < 1.29 is 0 Å². The Hall–Kier alpha value is -1.59. The number of fused-ring (bicyclic) bond motifs is 1. The third-order valence-electron chi connectivity index (χ3n) is 4.07. The second-order valence-corrected chi connectivity index (χ2v) is 5.73. The number of aromatic nitrogens is 3. The van der Waals surface area contributed by atoms with Gasteiger partial charge < -0.3 is 10.6 Å². The van der Waals surface area contributed by atoms with Gasteiger partial charge in [0.2, 0.25) is 0 Å². The molecule has 2 N–H and O–H groups in total. The van der Waals surface area contributed by atoms with E-state index in [0.717, 1.165) is 43.5 Å². The Morgan fingerprint density at radius 1 is 1.30 bits per heavy atom. The molecule has 1 fully saturated rings. The molecule has 0 saturated heterocycles. The van der Waals surface area contributed by atoms with Crippen LogP contribution in [0.5, 0.6) is 0 Å². The number of guanidine groups is 1. The maximum Gasteiger partial charge on any atom is 0.191 e. The summed E-state index contributed by atoms with van der Waals surface area (Å²) in [6, 6.07) is 1.00. The van der Waals surface area contributed by atoms with Gasteiger partial charge in [0, 0.05) is 25.0 Å². The third kappa shape index (κ3) is 2.94. The van der Waals surface area contributed by atoms with Crippen LogP contribution in [0.2, 0.25) is 0 Å². The number of nitrogens with zero attached hydrogens (tertiary/aromatic N) is 4. The highest BCUT2D eigenvalue weighted by atomic mass is 15.4. The Morgan fingerprint density at radius 2 is 2.10 bits per heavy atom. The lowest BCUT2D eigenvalue weighted by Gasteiger charge is -2.31. The molecule has 0 bridgehead atoms. The highest BCUT2D eigenvalue weighted by Crippen LogP contribution is 2.18. The van der Waals surface area contributed by atoms with Crippen molar-refractivity contribution in [2.75, 3.05) is 6.54 Å². The number of nitrogens with one attached hydrogen (secondary N) is 2. The van der Waals surface area contributed by atoms with Crippen LogP contribution < -0.4 is 10.6 Å². The molecule has 110 valence electrons. The zero-order valence-electron chi connectivity index (χ0n) is 12.4. The van der Waals surface area contributed by atoms with Gasteiger partial charge in [-0.3, -0.25) is 4.99 Å². The molecule has 1 atom stereocenters. The Morgan fingerprint density at radius 3 is 2.80 bits per heavy atom. The highest BCUT2D eigenvalue weighted by molar-refractivity contribution is 5.80. The minimum atomic E-state index is 0.390. The molecule has 1 unspecified atom stereocenters. The first-order valence-electron chi connectivity index (χ1n) is 7.72. The molecule has 1 saturated carbocycles. The number of hydrogen-bond donors (Lipinski definition) is 2. The summed E-state index contributed by atoms with van der Waals surface area (Å²) in [4.78, 5) is 9.00. The van der Waals surface area contributed by atoms with Gasteiger partial charge in [-0.2, -0.15) is 5.10 Å². The lowest BCUT2D eigenvalue weighted by molar-refractivity contribution is 0.363. The van der Waals surface area contributed by atoms with Crippen LogP contribution in [0.25, 0.3) is 0 Å². The molecule has 0 aromatic carbocycles. The van der Waals surface area contributed by atoms with Crippen LogP contribution in [-0.4, -0.2) is 39.4 Å². The molecule has 0 spiro atoms. The summed E-state index contributed by atoms with van der Waals surface area (Å²) in [6.45, 7) is 5.72. The number of aliphatic imine (C=N–C) groups is 1. The predicted molar refractivity (Wildman–Crippen MR) is 78.8 cm³/mol. The first kappa shape index (κ1) is 13.4. The lowest BCUT2D eigenvalue weighted by atomic mass is 9.93. The van der Waals surface area contributed by atoms with Crippen molar-refractivity contribution >= 4 is 5.96 Å². The van der Waals surface area contributed by atoms with E-state index in [1.54, 1.807) is 0 Å². The summed E-state index contributed by atoms with van der Waals surface area (Å²) < 4.78 is 2.03. The largest absolute Gasteiger partial charge is 0.354 e. The van der Waals surface area contributed by atoms with Gasteiger partial charge in [0.05, 0.1) is 6.54 Å². The highest BCUT2D eigenvalue weighted by Gasteiger charge is 2.23. The standard InChI is InChI=1S/C14H24N6/c1-3-15-14(17-11-5-4-6-11)18-12-7-8-13-16-10(2)19-20(13)9-12/h11-12H,3-9H2,1-2H3,(H2,15,17,18). The number of aryl methyl sites for hydroxylation is 2. The zero-order chi connectivity index (χ0) is 13.9. The molecule has 1 aromatic heterocycles. The summed E-state index contributed by atoms with van der Waals surface area (Å²) in [6.07, 6.45) is 5.94. The fraction of sp³-hybridized carbons (Fsp3) is 0.786. The van der Waals surface area contributed by atoms with Crippen molar-refractivity contribution in [2.24, 2.45) is 4.99 Å². The second kappa shape index (κ2) is 5.81. The third-order valence-corrected chi connectivity index (χ3v) is 4.07. The van der Waals surface area contributed by atoms with Crippen molar-refractivity contribution in [3.8, 4) is 0 Å². The molecular formula is C14H24N6. The van der Waals surface area contributed by atoms with E-state index in [-0.39, 0.29) is 0 Å². The van der Waals surface area contributed by atoms with Crippen molar-refractivity contribution in [2.45, 2.75) is 64.6 Å². The van der Waals surface area contributed by atoms with Crippen molar-refractivity contribution in [1.82, 2.24) is 25.4 Å². The first-order chi connectivity index (χ1) is 9.74. The van der Waals surface area contributed by atoms with Gasteiger partial charge in [-0.1, -0.05) is 0 Å². The Kier molecular flexibility index (Phi) is 3.89. The van der Waals surface area contributed by atoms with Gasteiger partial charge in [-0.25, -0.2) is 9.67 Å². The molecule has 0 radical (unpaired) electrons. The zero-order valence-corrected chi connectivity index (χ0v) is 12.4. The van der Waals surface area contributed by atoms with Crippen LogP contribution in [0.15, 0.2) is 4.99 Å². The van der Waals surface area contributed by atoms with E-state index in [1.807, 2.05) is 11.6 Å². The Labute approximate surface area is 120 Å². The second-order valence-electron chi connectivity index (χ2n) is 5.73. The predicted octanol–water partition coefficient (Wildman–Crippen LogP) is 1.01. The molecule has 1 aliphatic heterocycles. The fourth-order valence-electron chi connectivity index (χ4n) is 2.78. The number of rotatable bonds is 3. The molecular weight excluding hydrogens is 252 g/mol. The van der Waals surface area contributed by atoms with Gasteiger partial charge in [-0.15, -0.1) is 0 Å². The van der Waals surface area contributed by atoms with Crippen LogP contribution in [0, 0.1) is 6.92 Å². The minimum Gasteiger partial charge on any atom is -0.354 e. The maximum absolute atomic E-state index is 4.55. The molecule has 2 heterocycles. The van der Waals surface area contributed by atoms with Crippen LogP contribution in [0.4, 0.5) is 0 Å². The van der Waals surface area contributed by atoms with Crippen LogP contribution in [0.3, 0.4) is 0 Å². The fourth-order valence-corrected chi connectivity index (χ4v) is 2.78. The van der Waals surface area contributed by atoms with E-state index in [0.29, 0.717) is 12.1 Å². The quantitative estimate of drug-likeness (QED) is 0.639. The van der Waals surface area contributed by atoms with E-state index >= 15 is 0 Å². The van der Waals surface area contributed by atoms with E-state index < -0.39 is 0 Å². The molecule has 6 nitrogen and oxygen atoms in total. The summed E-state index contributed by atoms with van der Waals surface area (Å²) in [5.74, 6) is 2.94. The molecule has 20 heavy (non-hydrogen) atoms. The molecule has 6 heteroatoms. The molecule has 1 aliphatic carbocycles. The van der Waals surface area contributed by atoms with Crippen LogP contribution in [0.1, 0.15) is 44.3 Å². The summed E-state index contributed by atoms with van der Waals surface area (Å²) >= 11 is 0. The lowest BCUT2D eigenvalue weighted by Crippen LogP contribution is -2.51. The SMILES string of the molecule is CCN=C(NC1CCC1)NC1CCc2nc(C)nn2C1. The van der Waals surface area contributed by atoms with Crippen molar-refractivity contribution in [3.05, 3.63) is 11.6 Å². The smallest absolute Gasteiger partial charge is 0.191 e. The van der Waals surface area contributed by atoms with E-state index in [4.69, 9.17) is 0 Å². The summed E-state index contributed by atoms with van der Waals surface area (Å²) in [7, 11) is 0. The monoisotopic (exact) mass is 276 g/mol. The van der Waals surface area contributed by atoms with Gasteiger partial charge in [0.15, 0.2) is 5.96 Å². The first-order valence-corrected chi connectivity index (χ1v) is 7.72. The van der Waals surface area contributed by atoms with Gasteiger partial charge in [0.1, 0.15) is 11.6 Å². The van der Waals surface area contributed by atoms with Gasteiger partial charge >= 0.3 is 0 Å². The maximum atomic E-state index is 4.55. The summed E-state index contributed by atoms with van der Waals surface area (Å²) in [5, 5.41) is 11.5. The number of hydrogen-bond acceptors (Lipinski definition) is 3. The van der Waals surface area contributed by atoms with E-state index in [2.05, 4.69) is 32.6 Å².